The monoisotopic (exact) mass is 205 g/mol. The van der Waals surface area contributed by atoms with Gasteiger partial charge in [-0.3, -0.25) is 0 Å². The molecular formula is C13H19NO. The summed E-state index contributed by atoms with van der Waals surface area (Å²) in [6.45, 7) is 2.97. The van der Waals surface area contributed by atoms with Gasteiger partial charge >= 0.3 is 0 Å². The molecule has 0 unspecified atom stereocenters. The van der Waals surface area contributed by atoms with E-state index >= 15 is 0 Å². The zero-order chi connectivity index (χ0) is 10.7. The summed E-state index contributed by atoms with van der Waals surface area (Å²) >= 11 is 0. The van der Waals surface area contributed by atoms with Gasteiger partial charge in [0.2, 0.25) is 0 Å². The molecule has 0 aromatic heterocycles. The summed E-state index contributed by atoms with van der Waals surface area (Å²) < 4.78 is 0. The van der Waals surface area contributed by atoms with Gasteiger partial charge in [0, 0.05) is 12.6 Å². The zero-order valence-electron chi connectivity index (χ0n) is 9.24. The minimum absolute atomic E-state index is 0.144. The van der Waals surface area contributed by atoms with E-state index in [9.17, 15) is 5.11 Å². The lowest BCUT2D eigenvalue weighted by Gasteiger charge is -2.16. The molecule has 1 aromatic carbocycles. The third kappa shape index (κ3) is 2.80. The fourth-order valence-electron chi connectivity index (χ4n) is 2.25. The van der Waals surface area contributed by atoms with Crippen LogP contribution in [0.15, 0.2) is 24.3 Å². The molecule has 2 N–H and O–H groups in total. The minimum Gasteiger partial charge on any atom is -0.392 e. The van der Waals surface area contributed by atoms with Gasteiger partial charge in [0.25, 0.3) is 0 Å². The van der Waals surface area contributed by atoms with Crippen LogP contribution in [0, 0.1) is 6.92 Å². The number of rotatable bonds is 3. The molecule has 2 rings (SSSR count). The summed E-state index contributed by atoms with van der Waals surface area (Å²) in [6, 6.07) is 8.80. The smallest absolute Gasteiger partial charge is 0.0693 e. The van der Waals surface area contributed by atoms with Gasteiger partial charge in [-0.05, 0) is 31.7 Å². The maximum Gasteiger partial charge on any atom is 0.0693 e. The SMILES string of the molecule is Cc1cccc(CN[C@@H]2CCC[C@H]2O)c1. The molecule has 1 saturated carbocycles. The van der Waals surface area contributed by atoms with Gasteiger partial charge in [0.1, 0.15) is 0 Å². The van der Waals surface area contributed by atoms with Crippen molar-refractivity contribution in [2.24, 2.45) is 0 Å². The van der Waals surface area contributed by atoms with E-state index < -0.39 is 0 Å². The largest absolute Gasteiger partial charge is 0.392 e. The van der Waals surface area contributed by atoms with E-state index in [1.165, 1.54) is 11.1 Å². The van der Waals surface area contributed by atoms with Crippen LogP contribution in [0.2, 0.25) is 0 Å². The van der Waals surface area contributed by atoms with Crippen LogP contribution in [0.4, 0.5) is 0 Å². The first kappa shape index (κ1) is 10.7. The van der Waals surface area contributed by atoms with E-state index in [4.69, 9.17) is 0 Å². The maximum atomic E-state index is 9.66. The number of aliphatic hydroxyl groups is 1. The van der Waals surface area contributed by atoms with Crippen molar-refractivity contribution in [2.75, 3.05) is 0 Å². The van der Waals surface area contributed by atoms with E-state index in [0.717, 1.165) is 25.8 Å². The minimum atomic E-state index is -0.144. The zero-order valence-corrected chi connectivity index (χ0v) is 9.24. The molecule has 2 atom stereocenters. The average molecular weight is 205 g/mol. The van der Waals surface area contributed by atoms with Crippen molar-refractivity contribution >= 4 is 0 Å². The van der Waals surface area contributed by atoms with E-state index in [1.807, 2.05) is 0 Å². The summed E-state index contributed by atoms with van der Waals surface area (Å²) in [5.41, 5.74) is 2.59. The lowest BCUT2D eigenvalue weighted by atomic mass is 10.1. The molecule has 1 fully saturated rings. The summed E-state index contributed by atoms with van der Waals surface area (Å²) in [5.74, 6) is 0. The molecule has 0 aliphatic heterocycles. The molecule has 1 aromatic rings. The molecule has 82 valence electrons. The second-order valence-corrected chi connectivity index (χ2v) is 4.47. The number of aliphatic hydroxyl groups excluding tert-OH is 1. The highest BCUT2D eigenvalue weighted by atomic mass is 16.3. The molecule has 2 nitrogen and oxygen atoms in total. The van der Waals surface area contributed by atoms with Crippen LogP contribution in [0.5, 0.6) is 0 Å². The van der Waals surface area contributed by atoms with Crippen LogP contribution in [0.1, 0.15) is 30.4 Å². The van der Waals surface area contributed by atoms with Gasteiger partial charge in [-0.25, -0.2) is 0 Å². The first-order chi connectivity index (χ1) is 7.25. The van der Waals surface area contributed by atoms with Crippen LogP contribution >= 0.6 is 0 Å². The molecule has 0 bridgehead atoms. The predicted octanol–water partition coefficient (Wildman–Crippen LogP) is 2.00. The average Bonchev–Trinajstić information content (AvgIpc) is 2.61. The Morgan fingerprint density at radius 2 is 2.27 bits per heavy atom. The summed E-state index contributed by atoms with van der Waals surface area (Å²) in [4.78, 5) is 0. The predicted molar refractivity (Wildman–Crippen MR) is 61.7 cm³/mol. The number of benzene rings is 1. The van der Waals surface area contributed by atoms with Crippen molar-refractivity contribution in [1.29, 1.82) is 0 Å². The summed E-state index contributed by atoms with van der Waals surface area (Å²) in [7, 11) is 0. The van der Waals surface area contributed by atoms with E-state index in [0.29, 0.717) is 6.04 Å². The van der Waals surface area contributed by atoms with E-state index in [1.54, 1.807) is 0 Å². The molecular weight excluding hydrogens is 186 g/mol. The first-order valence-electron chi connectivity index (χ1n) is 5.73. The quantitative estimate of drug-likeness (QED) is 0.791. The molecule has 0 amide bonds. The summed E-state index contributed by atoms with van der Waals surface area (Å²) in [6.07, 6.45) is 3.06. The maximum absolute atomic E-state index is 9.66. The highest BCUT2D eigenvalue weighted by Crippen LogP contribution is 2.19. The Morgan fingerprint density at radius 1 is 1.40 bits per heavy atom. The lowest BCUT2D eigenvalue weighted by molar-refractivity contribution is 0.148. The number of hydrogen-bond acceptors (Lipinski definition) is 2. The Kier molecular flexibility index (Phi) is 3.39. The van der Waals surface area contributed by atoms with Gasteiger partial charge in [-0.2, -0.15) is 0 Å². The highest BCUT2D eigenvalue weighted by molar-refractivity contribution is 5.22. The molecule has 0 spiro atoms. The Labute approximate surface area is 91.3 Å². The van der Waals surface area contributed by atoms with Crippen molar-refractivity contribution in [3.8, 4) is 0 Å². The molecule has 1 aliphatic rings. The van der Waals surface area contributed by atoms with E-state index in [-0.39, 0.29) is 6.10 Å². The van der Waals surface area contributed by atoms with E-state index in [2.05, 4.69) is 36.5 Å². The van der Waals surface area contributed by atoms with Crippen LogP contribution in [-0.4, -0.2) is 17.3 Å². The van der Waals surface area contributed by atoms with Crippen LogP contribution in [0.25, 0.3) is 0 Å². The Hall–Kier alpha value is -0.860. The van der Waals surface area contributed by atoms with Gasteiger partial charge < -0.3 is 10.4 Å². The van der Waals surface area contributed by atoms with Crippen molar-refractivity contribution in [3.63, 3.8) is 0 Å². The van der Waals surface area contributed by atoms with Crippen molar-refractivity contribution in [2.45, 2.75) is 44.9 Å². The third-order valence-electron chi connectivity index (χ3n) is 3.13. The fourth-order valence-corrected chi connectivity index (χ4v) is 2.25. The third-order valence-corrected chi connectivity index (χ3v) is 3.13. The van der Waals surface area contributed by atoms with Gasteiger partial charge in [-0.1, -0.05) is 29.8 Å². The number of hydrogen-bond donors (Lipinski definition) is 2. The fraction of sp³-hybridized carbons (Fsp3) is 0.538. The topological polar surface area (TPSA) is 32.3 Å². The van der Waals surface area contributed by atoms with Crippen molar-refractivity contribution in [1.82, 2.24) is 5.32 Å². The first-order valence-corrected chi connectivity index (χ1v) is 5.73. The second-order valence-electron chi connectivity index (χ2n) is 4.47. The molecule has 1 aliphatic carbocycles. The summed E-state index contributed by atoms with van der Waals surface area (Å²) in [5, 5.41) is 13.1. The Bertz CT molecular complexity index is 324. The van der Waals surface area contributed by atoms with Crippen LogP contribution in [0.3, 0.4) is 0 Å². The Balaban J connectivity index is 1.87. The second kappa shape index (κ2) is 4.77. The molecule has 0 saturated heterocycles. The normalized spacial score (nSPS) is 25.7. The van der Waals surface area contributed by atoms with Crippen molar-refractivity contribution in [3.05, 3.63) is 35.4 Å². The molecule has 0 heterocycles. The van der Waals surface area contributed by atoms with Crippen molar-refractivity contribution < 1.29 is 5.11 Å². The van der Waals surface area contributed by atoms with Gasteiger partial charge in [0.05, 0.1) is 6.10 Å². The molecule has 2 heteroatoms. The van der Waals surface area contributed by atoms with Gasteiger partial charge in [0.15, 0.2) is 0 Å². The van der Waals surface area contributed by atoms with Crippen LogP contribution in [-0.2, 0) is 6.54 Å². The standard InChI is InChI=1S/C13H19NO/c1-10-4-2-5-11(8-10)9-14-12-6-3-7-13(12)15/h2,4-5,8,12-15H,3,6-7,9H2,1H3/t12-,13-/m1/s1. The van der Waals surface area contributed by atoms with Crippen LogP contribution < -0.4 is 5.32 Å². The lowest BCUT2D eigenvalue weighted by Crippen LogP contribution is -2.35. The highest BCUT2D eigenvalue weighted by Gasteiger charge is 2.24. The Morgan fingerprint density at radius 3 is 2.93 bits per heavy atom. The molecule has 0 radical (unpaired) electrons. The number of nitrogens with one attached hydrogen (secondary N) is 1. The number of aryl methyl sites for hydroxylation is 1. The molecule has 15 heavy (non-hydrogen) atoms. The van der Waals surface area contributed by atoms with Gasteiger partial charge in [-0.15, -0.1) is 0 Å².